The van der Waals surface area contributed by atoms with Crippen molar-refractivity contribution in [3.8, 4) is 0 Å². The second-order valence-corrected chi connectivity index (χ2v) is 6.57. The molecule has 3 heteroatoms. The van der Waals surface area contributed by atoms with Crippen LogP contribution >= 0.6 is 0 Å². The van der Waals surface area contributed by atoms with Crippen molar-refractivity contribution in [2.75, 3.05) is 20.2 Å². The molecule has 0 spiro atoms. The van der Waals surface area contributed by atoms with Gasteiger partial charge in [-0.3, -0.25) is 4.90 Å². The third kappa shape index (κ3) is 4.37. The lowest BCUT2D eigenvalue weighted by Gasteiger charge is -2.25. The fourth-order valence-corrected chi connectivity index (χ4v) is 3.32. The van der Waals surface area contributed by atoms with Gasteiger partial charge in [0.15, 0.2) is 0 Å². The number of methoxy groups -OCH3 is 1. The van der Waals surface area contributed by atoms with Gasteiger partial charge in [-0.2, -0.15) is 0 Å². The molecule has 2 aromatic carbocycles. The monoisotopic (exact) mass is 335 g/mol. The second kappa shape index (κ2) is 8.13. The van der Waals surface area contributed by atoms with E-state index in [0.717, 1.165) is 18.7 Å². The number of ether oxygens (including phenoxy) is 1. The maximum atomic E-state index is 11.7. The van der Waals surface area contributed by atoms with E-state index >= 15 is 0 Å². The average molecular weight is 335 g/mol. The van der Waals surface area contributed by atoms with Gasteiger partial charge in [-0.05, 0) is 56.1 Å². The Kier molecular flexibility index (Phi) is 5.67. The number of likely N-dealkylation sites (tertiary alicyclic amines) is 1. The standard InChI is InChI=1S/C22H25NO2/c1-17-8-11-19(12-9-17)21(23-14-3-4-15-23)13-10-18-6-5-7-20(16-18)22(24)25-2/h5-13,16,21H,3-4,14-15H2,1-2H3. The van der Waals surface area contributed by atoms with E-state index in [4.69, 9.17) is 4.74 Å². The van der Waals surface area contributed by atoms with Gasteiger partial charge in [0.2, 0.25) is 0 Å². The SMILES string of the molecule is COC(=O)c1cccc(C=CC(c2ccc(C)cc2)N2CCCC2)c1. The van der Waals surface area contributed by atoms with Crippen molar-refractivity contribution in [3.63, 3.8) is 0 Å². The molecule has 3 nitrogen and oxygen atoms in total. The smallest absolute Gasteiger partial charge is 0.337 e. The molecule has 0 aromatic heterocycles. The molecule has 2 aromatic rings. The Morgan fingerprint density at radius 2 is 1.84 bits per heavy atom. The maximum absolute atomic E-state index is 11.7. The van der Waals surface area contributed by atoms with Gasteiger partial charge in [-0.25, -0.2) is 4.79 Å². The molecule has 25 heavy (non-hydrogen) atoms. The molecule has 0 amide bonds. The van der Waals surface area contributed by atoms with E-state index in [2.05, 4.69) is 48.2 Å². The highest BCUT2D eigenvalue weighted by atomic mass is 16.5. The number of carbonyl (C=O) groups is 1. The topological polar surface area (TPSA) is 29.5 Å². The highest BCUT2D eigenvalue weighted by Gasteiger charge is 2.21. The predicted molar refractivity (Wildman–Crippen MR) is 102 cm³/mol. The van der Waals surface area contributed by atoms with E-state index in [1.165, 1.54) is 31.1 Å². The van der Waals surface area contributed by atoms with E-state index < -0.39 is 0 Å². The first-order valence-corrected chi connectivity index (χ1v) is 8.84. The summed E-state index contributed by atoms with van der Waals surface area (Å²) in [6, 6.07) is 16.6. The highest BCUT2D eigenvalue weighted by Crippen LogP contribution is 2.27. The van der Waals surface area contributed by atoms with Crippen LogP contribution < -0.4 is 0 Å². The number of hydrogen-bond acceptors (Lipinski definition) is 3. The summed E-state index contributed by atoms with van der Waals surface area (Å²) in [4.78, 5) is 14.2. The summed E-state index contributed by atoms with van der Waals surface area (Å²) in [5.41, 5.74) is 4.18. The molecule has 1 heterocycles. The van der Waals surface area contributed by atoms with Gasteiger partial charge in [-0.15, -0.1) is 0 Å². The lowest BCUT2D eigenvalue weighted by atomic mass is 10.0. The number of benzene rings is 2. The van der Waals surface area contributed by atoms with Gasteiger partial charge in [-0.1, -0.05) is 54.1 Å². The Balaban J connectivity index is 1.85. The Bertz CT molecular complexity index is 743. The van der Waals surface area contributed by atoms with Crippen LogP contribution in [0.15, 0.2) is 54.6 Å². The van der Waals surface area contributed by atoms with Crippen LogP contribution in [0.4, 0.5) is 0 Å². The minimum atomic E-state index is -0.301. The Morgan fingerprint density at radius 3 is 2.52 bits per heavy atom. The zero-order chi connectivity index (χ0) is 17.6. The van der Waals surface area contributed by atoms with Gasteiger partial charge in [0.25, 0.3) is 0 Å². The first-order chi connectivity index (χ1) is 12.2. The summed E-state index contributed by atoms with van der Waals surface area (Å²) in [7, 11) is 1.41. The molecular formula is C22H25NO2. The summed E-state index contributed by atoms with van der Waals surface area (Å²) in [6.07, 6.45) is 6.86. The molecule has 3 rings (SSSR count). The van der Waals surface area contributed by atoms with Crippen LogP contribution in [0.2, 0.25) is 0 Å². The van der Waals surface area contributed by atoms with Gasteiger partial charge >= 0.3 is 5.97 Å². The van der Waals surface area contributed by atoms with Crippen LogP contribution in [0.5, 0.6) is 0 Å². The van der Waals surface area contributed by atoms with Gasteiger partial charge < -0.3 is 4.74 Å². The zero-order valence-electron chi connectivity index (χ0n) is 14.9. The van der Waals surface area contributed by atoms with Gasteiger partial charge in [0.1, 0.15) is 0 Å². The van der Waals surface area contributed by atoms with Crippen molar-refractivity contribution in [2.24, 2.45) is 0 Å². The van der Waals surface area contributed by atoms with E-state index in [1.54, 1.807) is 6.07 Å². The summed E-state index contributed by atoms with van der Waals surface area (Å²) < 4.78 is 4.81. The number of esters is 1. The summed E-state index contributed by atoms with van der Waals surface area (Å²) in [5, 5.41) is 0. The van der Waals surface area contributed by atoms with Crippen molar-refractivity contribution in [1.82, 2.24) is 4.90 Å². The summed E-state index contributed by atoms with van der Waals surface area (Å²) in [6.45, 7) is 4.37. The molecule has 0 radical (unpaired) electrons. The number of carbonyl (C=O) groups excluding carboxylic acids is 1. The summed E-state index contributed by atoms with van der Waals surface area (Å²) in [5.74, 6) is -0.301. The molecule has 0 bridgehead atoms. The lowest BCUT2D eigenvalue weighted by Crippen LogP contribution is -2.24. The van der Waals surface area contributed by atoms with Crippen LogP contribution in [0.1, 0.15) is 45.9 Å². The molecule has 1 aliphatic rings. The number of aryl methyl sites for hydroxylation is 1. The average Bonchev–Trinajstić information content (AvgIpc) is 3.17. The molecule has 1 atom stereocenters. The number of hydrogen-bond donors (Lipinski definition) is 0. The maximum Gasteiger partial charge on any atom is 0.337 e. The number of rotatable bonds is 5. The van der Waals surface area contributed by atoms with Crippen molar-refractivity contribution in [1.29, 1.82) is 0 Å². The normalized spacial score (nSPS) is 16.2. The van der Waals surface area contributed by atoms with E-state index in [-0.39, 0.29) is 12.0 Å². The van der Waals surface area contributed by atoms with Gasteiger partial charge in [0.05, 0.1) is 18.7 Å². The zero-order valence-corrected chi connectivity index (χ0v) is 14.9. The van der Waals surface area contributed by atoms with Crippen LogP contribution in [-0.4, -0.2) is 31.1 Å². The number of nitrogens with zero attached hydrogens (tertiary/aromatic N) is 1. The van der Waals surface area contributed by atoms with Crippen LogP contribution in [0.3, 0.4) is 0 Å². The van der Waals surface area contributed by atoms with Crippen LogP contribution in [0.25, 0.3) is 6.08 Å². The van der Waals surface area contributed by atoms with E-state index in [9.17, 15) is 4.79 Å². The fraction of sp³-hybridized carbons (Fsp3) is 0.318. The van der Waals surface area contributed by atoms with Crippen molar-refractivity contribution in [3.05, 3.63) is 76.9 Å². The Hall–Kier alpha value is -2.39. The van der Waals surface area contributed by atoms with Crippen molar-refractivity contribution in [2.45, 2.75) is 25.8 Å². The first kappa shape index (κ1) is 17.4. The second-order valence-electron chi connectivity index (χ2n) is 6.57. The molecule has 0 aliphatic carbocycles. The first-order valence-electron chi connectivity index (χ1n) is 8.84. The third-order valence-electron chi connectivity index (χ3n) is 4.73. The van der Waals surface area contributed by atoms with Crippen molar-refractivity contribution >= 4 is 12.0 Å². The van der Waals surface area contributed by atoms with E-state index in [0.29, 0.717) is 5.56 Å². The molecule has 1 saturated heterocycles. The molecule has 1 aliphatic heterocycles. The highest BCUT2D eigenvalue weighted by molar-refractivity contribution is 5.90. The quantitative estimate of drug-likeness (QED) is 0.746. The largest absolute Gasteiger partial charge is 0.465 e. The Morgan fingerprint density at radius 1 is 1.12 bits per heavy atom. The van der Waals surface area contributed by atoms with Crippen LogP contribution in [-0.2, 0) is 4.74 Å². The summed E-state index contributed by atoms with van der Waals surface area (Å²) >= 11 is 0. The molecule has 1 unspecified atom stereocenters. The van der Waals surface area contributed by atoms with Crippen LogP contribution in [0, 0.1) is 6.92 Å². The minimum Gasteiger partial charge on any atom is -0.465 e. The fourth-order valence-electron chi connectivity index (χ4n) is 3.32. The predicted octanol–water partition coefficient (Wildman–Crippen LogP) is 4.63. The molecule has 0 N–H and O–H groups in total. The lowest BCUT2D eigenvalue weighted by molar-refractivity contribution is 0.0600. The molecular weight excluding hydrogens is 310 g/mol. The minimum absolute atomic E-state index is 0.268. The molecule has 0 saturated carbocycles. The molecule has 130 valence electrons. The Labute approximate surface area is 149 Å². The van der Waals surface area contributed by atoms with Gasteiger partial charge in [0, 0.05) is 0 Å². The van der Waals surface area contributed by atoms with Crippen molar-refractivity contribution < 1.29 is 9.53 Å². The molecule has 1 fully saturated rings. The third-order valence-corrected chi connectivity index (χ3v) is 4.73. The van der Waals surface area contributed by atoms with E-state index in [1.807, 2.05) is 18.2 Å².